The van der Waals surface area contributed by atoms with E-state index in [2.05, 4.69) is 11.4 Å². The number of hydrogen-bond donors (Lipinski definition) is 1. The van der Waals surface area contributed by atoms with Gasteiger partial charge in [-0.25, -0.2) is 4.79 Å². The molecule has 0 saturated heterocycles. The lowest BCUT2D eigenvalue weighted by Gasteiger charge is -2.18. The molecule has 5 nitrogen and oxygen atoms in total. The van der Waals surface area contributed by atoms with Crippen LogP contribution in [-0.2, 0) is 16.0 Å². The summed E-state index contributed by atoms with van der Waals surface area (Å²) in [5.74, 6) is -0.283. The predicted molar refractivity (Wildman–Crippen MR) is 98.0 cm³/mol. The number of fused-ring (bicyclic) bond motifs is 1. The van der Waals surface area contributed by atoms with E-state index in [0.717, 1.165) is 30.8 Å². The highest BCUT2D eigenvalue weighted by Gasteiger charge is 2.23. The molecule has 2 aromatic carbocycles. The van der Waals surface area contributed by atoms with E-state index in [0.29, 0.717) is 12.2 Å². The van der Waals surface area contributed by atoms with Gasteiger partial charge < -0.3 is 15.0 Å². The second-order valence-electron chi connectivity index (χ2n) is 5.99. The van der Waals surface area contributed by atoms with E-state index in [-0.39, 0.29) is 18.4 Å². The van der Waals surface area contributed by atoms with Gasteiger partial charge in [0.1, 0.15) is 0 Å². The van der Waals surface area contributed by atoms with Crippen LogP contribution in [-0.4, -0.2) is 31.6 Å². The molecule has 130 valence electrons. The van der Waals surface area contributed by atoms with Gasteiger partial charge in [-0.1, -0.05) is 25.1 Å². The largest absolute Gasteiger partial charge is 0.462 e. The summed E-state index contributed by atoms with van der Waals surface area (Å²) in [4.78, 5) is 26.1. The molecule has 0 saturated carbocycles. The molecule has 0 aliphatic carbocycles. The molecule has 0 atom stereocenters. The summed E-state index contributed by atoms with van der Waals surface area (Å²) >= 11 is 0. The number of para-hydroxylation sites is 1. The van der Waals surface area contributed by atoms with Crippen molar-refractivity contribution in [2.45, 2.75) is 19.8 Å². The first-order chi connectivity index (χ1) is 12.2. The van der Waals surface area contributed by atoms with Crippen molar-refractivity contribution in [1.82, 2.24) is 0 Å². The fourth-order valence-corrected chi connectivity index (χ4v) is 2.87. The summed E-state index contributed by atoms with van der Waals surface area (Å²) in [6.07, 6.45) is 1.70. The van der Waals surface area contributed by atoms with E-state index >= 15 is 0 Å². The fourth-order valence-electron chi connectivity index (χ4n) is 2.87. The summed E-state index contributed by atoms with van der Waals surface area (Å²) in [5.41, 5.74) is 3.53. The van der Waals surface area contributed by atoms with Crippen molar-refractivity contribution in [3.8, 4) is 0 Å². The summed E-state index contributed by atoms with van der Waals surface area (Å²) in [7, 11) is 0. The van der Waals surface area contributed by atoms with Crippen LogP contribution in [0.4, 0.5) is 11.4 Å². The van der Waals surface area contributed by atoms with Crippen LogP contribution in [0.25, 0.3) is 0 Å². The maximum atomic E-state index is 12.5. The Hall–Kier alpha value is -2.82. The van der Waals surface area contributed by atoms with Crippen LogP contribution in [0.5, 0.6) is 0 Å². The van der Waals surface area contributed by atoms with Gasteiger partial charge in [-0.05, 0) is 48.7 Å². The third kappa shape index (κ3) is 3.99. The number of hydrogen-bond acceptors (Lipinski definition) is 4. The first-order valence-corrected chi connectivity index (χ1v) is 8.58. The van der Waals surface area contributed by atoms with Crippen LogP contribution < -0.4 is 10.2 Å². The number of carbonyl (C=O) groups is 2. The van der Waals surface area contributed by atoms with Crippen molar-refractivity contribution in [2.75, 3.05) is 29.9 Å². The normalized spacial score (nSPS) is 12.6. The SMILES string of the molecule is CCCOC(=O)c1ccc(NCC(=O)N2CCc3ccccc32)cc1. The lowest BCUT2D eigenvalue weighted by atomic mass is 10.2. The number of amides is 1. The van der Waals surface area contributed by atoms with Crippen molar-refractivity contribution in [3.63, 3.8) is 0 Å². The van der Waals surface area contributed by atoms with Gasteiger partial charge >= 0.3 is 5.97 Å². The van der Waals surface area contributed by atoms with Crippen molar-refractivity contribution >= 4 is 23.3 Å². The first-order valence-electron chi connectivity index (χ1n) is 8.58. The Morgan fingerprint density at radius 2 is 1.88 bits per heavy atom. The van der Waals surface area contributed by atoms with Crippen LogP contribution in [0.1, 0.15) is 29.3 Å². The standard InChI is InChI=1S/C20H22N2O3/c1-2-13-25-20(24)16-7-9-17(10-8-16)21-14-19(23)22-12-11-15-5-3-4-6-18(15)22/h3-10,21H,2,11-14H2,1H3. The predicted octanol–water partition coefficient (Wildman–Crippen LogP) is 3.25. The third-order valence-electron chi connectivity index (χ3n) is 4.19. The van der Waals surface area contributed by atoms with Crippen molar-refractivity contribution in [2.24, 2.45) is 0 Å². The number of nitrogens with zero attached hydrogens (tertiary/aromatic N) is 1. The molecule has 1 amide bonds. The molecule has 5 heteroatoms. The minimum absolute atomic E-state index is 0.0383. The lowest BCUT2D eigenvalue weighted by molar-refractivity contribution is -0.116. The molecule has 1 heterocycles. The van der Waals surface area contributed by atoms with Crippen LogP contribution in [0.15, 0.2) is 48.5 Å². The van der Waals surface area contributed by atoms with Crippen molar-refractivity contribution in [1.29, 1.82) is 0 Å². The topological polar surface area (TPSA) is 58.6 Å². The van der Waals surface area contributed by atoms with Gasteiger partial charge in [-0.15, -0.1) is 0 Å². The van der Waals surface area contributed by atoms with Crippen LogP contribution >= 0.6 is 0 Å². The minimum atomic E-state index is -0.321. The Kier molecular flexibility index (Phi) is 5.33. The van der Waals surface area contributed by atoms with Crippen LogP contribution in [0, 0.1) is 0 Å². The summed E-state index contributed by atoms with van der Waals surface area (Å²) < 4.78 is 5.10. The molecule has 1 aliphatic heterocycles. The second kappa shape index (κ2) is 7.83. The molecule has 25 heavy (non-hydrogen) atoms. The highest BCUT2D eigenvalue weighted by Crippen LogP contribution is 2.27. The molecule has 1 aliphatic rings. The van der Waals surface area contributed by atoms with Gasteiger partial charge in [0.05, 0.1) is 18.7 Å². The molecule has 0 bridgehead atoms. The van der Waals surface area contributed by atoms with E-state index in [1.165, 1.54) is 5.56 Å². The Morgan fingerprint density at radius 1 is 1.12 bits per heavy atom. The Bertz CT molecular complexity index is 756. The summed E-state index contributed by atoms with van der Waals surface area (Å²) in [6, 6.07) is 15.0. The summed E-state index contributed by atoms with van der Waals surface area (Å²) in [6.45, 7) is 3.32. The van der Waals surface area contributed by atoms with Gasteiger partial charge in [0.15, 0.2) is 0 Å². The number of benzene rings is 2. The Morgan fingerprint density at radius 3 is 2.64 bits per heavy atom. The molecule has 1 N–H and O–H groups in total. The average molecular weight is 338 g/mol. The van der Waals surface area contributed by atoms with E-state index in [1.54, 1.807) is 24.3 Å². The molecular formula is C20H22N2O3. The van der Waals surface area contributed by atoms with Gasteiger partial charge in [0.25, 0.3) is 0 Å². The van der Waals surface area contributed by atoms with Gasteiger partial charge in [-0.2, -0.15) is 0 Å². The second-order valence-corrected chi connectivity index (χ2v) is 5.99. The third-order valence-corrected chi connectivity index (χ3v) is 4.19. The maximum absolute atomic E-state index is 12.5. The average Bonchev–Trinajstić information content (AvgIpc) is 3.09. The number of anilines is 2. The number of rotatable bonds is 6. The maximum Gasteiger partial charge on any atom is 0.338 e. The number of esters is 1. The molecule has 0 fully saturated rings. The molecule has 3 rings (SSSR count). The number of carbonyl (C=O) groups excluding carboxylic acids is 2. The zero-order valence-electron chi connectivity index (χ0n) is 14.3. The van der Waals surface area contributed by atoms with Crippen molar-refractivity contribution in [3.05, 3.63) is 59.7 Å². The Labute approximate surface area is 147 Å². The summed E-state index contributed by atoms with van der Waals surface area (Å²) in [5, 5.41) is 3.12. The highest BCUT2D eigenvalue weighted by atomic mass is 16.5. The zero-order chi connectivity index (χ0) is 17.6. The molecule has 0 radical (unpaired) electrons. The monoisotopic (exact) mass is 338 g/mol. The first kappa shape index (κ1) is 17.0. The van der Waals surface area contributed by atoms with Gasteiger partial charge in [-0.3, -0.25) is 4.79 Å². The van der Waals surface area contributed by atoms with Crippen LogP contribution in [0.3, 0.4) is 0 Å². The quantitative estimate of drug-likeness (QED) is 0.822. The van der Waals surface area contributed by atoms with Gasteiger partial charge in [0.2, 0.25) is 5.91 Å². The van der Waals surface area contributed by atoms with E-state index in [4.69, 9.17) is 4.74 Å². The van der Waals surface area contributed by atoms with Crippen LogP contribution in [0.2, 0.25) is 0 Å². The smallest absolute Gasteiger partial charge is 0.338 e. The Balaban J connectivity index is 1.55. The minimum Gasteiger partial charge on any atom is -0.462 e. The highest BCUT2D eigenvalue weighted by molar-refractivity contribution is 5.98. The number of nitrogens with one attached hydrogen (secondary N) is 1. The zero-order valence-corrected chi connectivity index (χ0v) is 14.3. The molecule has 0 unspecified atom stereocenters. The number of ether oxygens (including phenoxy) is 1. The van der Waals surface area contributed by atoms with E-state index < -0.39 is 0 Å². The molecule has 0 spiro atoms. The molecule has 0 aromatic heterocycles. The van der Waals surface area contributed by atoms with E-state index in [1.807, 2.05) is 30.0 Å². The lowest BCUT2D eigenvalue weighted by Crippen LogP contribution is -2.34. The van der Waals surface area contributed by atoms with Crippen molar-refractivity contribution < 1.29 is 14.3 Å². The van der Waals surface area contributed by atoms with E-state index in [9.17, 15) is 9.59 Å². The molecular weight excluding hydrogens is 316 g/mol. The van der Waals surface area contributed by atoms with Gasteiger partial charge in [0, 0.05) is 17.9 Å². The fraction of sp³-hybridized carbons (Fsp3) is 0.300. The molecule has 2 aromatic rings.